The highest BCUT2D eigenvalue weighted by Gasteiger charge is 2.04. The van der Waals surface area contributed by atoms with Crippen LogP contribution in [0.5, 0.6) is 11.5 Å². The van der Waals surface area contributed by atoms with Gasteiger partial charge in [0, 0.05) is 4.91 Å². The highest BCUT2D eigenvalue weighted by molar-refractivity contribution is 5.43. The van der Waals surface area contributed by atoms with Crippen molar-refractivity contribution in [3.63, 3.8) is 0 Å². The van der Waals surface area contributed by atoms with Crippen LogP contribution in [0.4, 0.5) is 0 Å². The molecule has 0 heterocycles. The fraction of sp³-hybridized carbons (Fsp3) is 0.273. The molecule has 0 radical (unpaired) electrons. The second kappa shape index (κ2) is 6.37. The molecule has 0 N–H and O–H groups in total. The number of azide groups is 1. The Balaban J connectivity index is 2.87. The molecule has 5 heteroatoms. The minimum Gasteiger partial charge on any atom is -0.493 e. The first-order valence-electron chi connectivity index (χ1n) is 4.73. The topological polar surface area (TPSA) is 67.2 Å². The Hall–Kier alpha value is -2.13. The Kier molecular flexibility index (Phi) is 4.76. The fourth-order valence-corrected chi connectivity index (χ4v) is 1.19. The number of benzene rings is 1. The number of methoxy groups -OCH3 is 1. The summed E-state index contributed by atoms with van der Waals surface area (Å²) in [6, 6.07) is 5.40. The van der Waals surface area contributed by atoms with Crippen molar-refractivity contribution in [2.24, 2.45) is 5.11 Å². The van der Waals surface area contributed by atoms with E-state index in [2.05, 4.69) is 16.6 Å². The molecule has 1 rings (SSSR count). The SMILES string of the molecule is C=CCOc1ccc(CN=[N+]=[N-])cc1OC. The van der Waals surface area contributed by atoms with Gasteiger partial charge in [-0.15, -0.1) is 0 Å². The molecule has 5 nitrogen and oxygen atoms in total. The smallest absolute Gasteiger partial charge is 0.161 e. The molecular weight excluding hydrogens is 206 g/mol. The summed E-state index contributed by atoms with van der Waals surface area (Å²) in [7, 11) is 1.56. The van der Waals surface area contributed by atoms with Crippen molar-refractivity contribution in [1.82, 2.24) is 0 Å². The first kappa shape index (κ1) is 11.9. The van der Waals surface area contributed by atoms with Crippen LogP contribution in [0.2, 0.25) is 0 Å². The molecule has 0 spiro atoms. The standard InChI is InChI=1S/C11H13N3O2/c1-3-6-16-10-5-4-9(8-13-14-12)7-11(10)15-2/h3-5,7H,1,6,8H2,2H3. The van der Waals surface area contributed by atoms with Crippen molar-refractivity contribution in [3.05, 3.63) is 46.9 Å². The van der Waals surface area contributed by atoms with Crippen LogP contribution in [0.25, 0.3) is 10.4 Å². The van der Waals surface area contributed by atoms with Crippen LogP contribution < -0.4 is 9.47 Å². The normalized spacial score (nSPS) is 9.06. The molecule has 0 fully saturated rings. The minimum atomic E-state index is 0.300. The maximum absolute atomic E-state index is 8.22. The van der Waals surface area contributed by atoms with Gasteiger partial charge in [0.25, 0.3) is 0 Å². The first-order chi connectivity index (χ1) is 7.81. The molecule has 84 valence electrons. The van der Waals surface area contributed by atoms with E-state index in [1.165, 1.54) is 0 Å². The number of ether oxygens (including phenoxy) is 2. The third-order valence-electron chi connectivity index (χ3n) is 1.90. The van der Waals surface area contributed by atoms with Crippen LogP contribution in [0.15, 0.2) is 36.0 Å². The van der Waals surface area contributed by atoms with Gasteiger partial charge in [-0.1, -0.05) is 23.8 Å². The van der Waals surface area contributed by atoms with Crippen molar-refractivity contribution in [3.8, 4) is 11.5 Å². The summed E-state index contributed by atoms with van der Waals surface area (Å²) in [4.78, 5) is 2.70. The van der Waals surface area contributed by atoms with Gasteiger partial charge in [0.05, 0.1) is 13.7 Å². The predicted molar refractivity (Wildman–Crippen MR) is 61.5 cm³/mol. The summed E-state index contributed by atoms with van der Waals surface area (Å²) in [5, 5.41) is 3.48. The highest BCUT2D eigenvalue weighted by Crippen LogP contribution is 2.28. The summed E-state index contributed by atoms with van der Waals surface area (Å²) < 4.78 is 10.6. The predicted octanol–water partition coefficient (Wildman–Crippen LogP) is 3.07. The molecular formula is C11H13N3O2. The van der Waals surface area contributed by atoms with E-state index < -0.39 is 0 Å². The van der Waals surface area contributed by atoms with Gasteiger partial charge < -0.3 is 9.47 Å². The summed E-state index contributed by atoms with van der Waals surface area (Å²) in [5.41, 5.74) is 9.09. The molecule has 0 saturated heterocycles. The Labute approximate surface area is 93.9 Å². The fourth-order valence-electron chi connectivity index (χ4n) is 1.19. The molecule has 16 heavy (non-hydrogen) atoms. The number of hydrogen-bond acceptors (Lipinski definition) is 3. The summed E-state index contributed by atoms with van der Waals surface area (Å²) in [5.74, 6) is 1.26. The Bertz CT molecular complexity index is 412. The second-order valence-electron chi connectivity index (χ2n) is 2.97. The highest BCUT2D eigenvalue weighted by atomic mass is 16.5. The minimum absolute atomic E-state index is 0.300. The van der Waals surface area contributed by atoms with Gasteiger partial charge in [-0.25, -0.2) is 0 Å². The van der Waals surface area contributed by atoms with Crippen LogP contribution >= 0.6 is 0 Å². The lowest BCUT2D eigenvalue weighted by Gasteiger charge is -2.10. The molecule has 0 aromatic heterocycles. The van der Waals surface area contributed by atoms with Gasteiger partial charge in [-0.2, -0.15) is 0 Å². The van der Waals surface area contributed by atoms with Gasteiger partial charge in [-0.3, -0.25) is 0 Å². The lowest BCUT2D eigenvalue weighted by Crippen LogP contribution is -1.96. The number of hydrogen-bond donors (Lipinski definition) is 0. The number of rotatable bonds is 6. The zero-order valence-corrected chi connectivity index (χ0v) is 9.09. The van der Waals surface area contributed by atoms with Crippen molar-refractivity contribution in [2.75, 3.05) is 13.7 Å². The average Bonchev–Trinajstić information content (AvgIpc) is 2.34. The first-order valence-corrected chi connectivity index (χ1v) is 4.73. The lowest BCUT2D eigenvalue weighted by molar-refractivity contribution is 0.326. The average molecular weight is 219 g/mol. The molecule has 0 unspecified atom stereocenters. The van der Waals surface area contributed by atoms with E-state index in [1.807, 2.05) is 6.07 Å². The van der Waals surface area contributed by atoms with E-state index >= 15 is 0 Å². The summed E-state index contributed by atoms with van der Waals surface area (Å²) in [6.07, 6.45) is 1.66. The number of nitrogens with zero attached hydrogens (tertiary/aromatic N) is 3. The van der Waals surface area contributed by atoms with Crippen LogP contribution in [0.3, 0.4) is 0 Å². The maximum atomic E-state index is 8.22. The van der Waals surface area contributed by atoms with Gasteiger partial charge in [0.2, 0.25) is 0 Å². The van der Waals surface area contributed by atoms with E-state index in [0.29, 0.717) is 24.7 Å². The molecule has 0 aliphatic carbocycles. The van der Waals surface area contributed by atoms with E-state index in [4.69, 9.17) is 15.0 Å². The molecule has 0 aliphatic heterocycles. The van der Waals surface area contributed by atoms with Crippen molar-refractivity contribution >= 4 is 0 Å². The van der Waals surface area contributed by atoms with Crippen LogP contribution in [-0.2, 0) is 6.54 Å². The second-order valence-corrected chi connectivity index (χ2v) is 2.97. The Morgan fingerprint density at radius 3 is 2.94 bits per heavy atom. The van der Waals surface area contributed by atoms with E-state index in [0.717, 1.165) is 5.56 Å². The van der Waals surface area contributed by atoms with Gasteiger partial charge in [0.1, 0.15) is 6.61 Å². The van der Waals surface area contributed by atoms with Gasteiger partial charge in [0.15, 0.2) is 11.5 Å². The summed E-state index contributed by atoms with van der Waals surface area (Å²) in [6.45, 7) is 4.29. The Morgan fingerprint density at radius 1 is 1.50 bits per heavy atom. The van der Waals surface area contributed by atoms with E-state index in [-0.39, 0.29) is 0 Å². The molecule has 0 saturated carbocycles. The lowest BCUT2D eigenvalue weighted by atomic mass is 10.2. The van der Waals surface area contributed by atoms with Crippen molar-refractivity contribution in [2.45, 2.75) is 6.54 Å². The monoisotopic (exact) mass is 219 g/mol. The quantitative estimate of drug-likeness (QED) is 0.319. The molecule has 0 aliphatic rings. The van der Waals surface area contributed by atoms with Crippen molar-refractivity contribution < 1.29 is 9.47 Å². The maximum Gasteiger partial charge on any atom is 0.161 e. The van der Waals surface area contributed by atoms with Crippen LogP contribution in [0, 0.1) is 0 Å². The molecule has 1 aromatic rings. The Morgan fingerprint density at radius 2 is 2.31 bits per heavy atom. The zero-order chi connectivity index (χ0) is 11.8. The van der Waals surface area contributed by atoms with E-state index in [1.54, 1.807) is 25.3 Å². The molecule has 0 bridgehead atoms. The molecule has 0 atom stereocenters. The third-order valence-corrected chi connectivity index (χ3v) is 1.90. The van der Waals surface area contributed by atoms with Crippen molar-refractivity contribution in [1.29, 1.82) is 0 Å². The third kappa shape index (κ3) is 3.22. The van der Waals surface area contributed by atoms with Gasteiger partial charge >= 0.3 is 0 Å². The molecule has 1 aromatic carbocycles. The van der Waals surface area contributed by atoms with Crippen LogP contribution in [0.1, 0.15) is 5.56 Å². The molecule has 0 amide bonds. The van der Waals surface area contributed by atoms with Gasteiger partial charge in [-0.05, 0) is 23.2 Å². The van der Waals surface area contributed by atoms with Crippen LogP contribution in [-0.4, -0.2) is 13.7 Å². The largest absolute Gasteiger partial charge is 0.493 e. The zero-order valence-electron chi connectivity index (χ0n) is 9.09. The van der Waals surface area contributed by atoms with E-state index in [9.17, 15) is 0 Å². The summed E-state index contributed by atoms with van der Waals surface area (Å²) >= 11 is 0.